The fourth-order valence-electron chi connectivity index (χ4n) is 12.2. The standard InChI is InChI=1S/C15H25N3O3.C14H22FN3O3S.C14H23N3O3S.2C13H21N5O3.C13H21N3O2/c1-10(2)16-13-7-8-18(15(19)17-13)14-6-5-12(21-14)9-20-11(3)4;1-8(2)16-13-10(15)5-18(14(19)17-13)11-7-22-12(21-11)6-20-9(3)4;1-9(2)15-11-5-6-17(14(18)16-11)12-8-21-13(20-12)7-19-10(3)4;2*1-4-9(5-19)21-7-18-6-14-10-11(18)16-13(15-8(2)3)17-12(10)20;1-4-10-5-6-12(18-10)16-8-7-11(14-9(2)3)15-13(16)17/h7-8,10-12,14H,5-6,9H2,1-4H3,(H,16,17,19);5,8-9,11-12H,6-7H2,1-4H3,(H,16,17,19);5-6,9-10,12-13H,7-8H2,1-4H3,(H,15,16,18);2*6,8-9,19H,4-5,7H2,1-3H3,(H2,15,16,17,20);7-10,12H,4-6H2,1-3H3,(H,14,15,17)/t12-,14?;11?,12-;12?,13-;;;10-,12?/m011..1/s1. The zero-order chi connectivity index (χ0) is 91.0. The summed E-state index contributed by atoms with van der Waals surface area (Å²) in [6, 6.07) is 6.47. The van der Waals surface area contributed by atoms with Gasteiger partial charge in [-0.25, -0.2) is 33.5 Å². The molecule has 0 saturated carbocycles. The fraction of sp³-hybridized carbons (Fsp3) is 0.683. The Hall–Kier alpha value is -8.79. The van der Waals surface area contributed by atoms with E-state index in [0.717, 1.165) is 44.1 Å². The molecule has 4 aliphatic rings. The molecule has 0 aliphatic carbocycles. The second kappa shape index (κ2) is 51.1. The molecule has 692 valence electrons. The van der Waals surface area contributed by atoms with E-state index >= 15 is 0 Å². The van der Waals surface area contributed by atoms with Crippen LogP contribution >= 0.6 is 23.5 Å². The number of nitrogens with zero attached hydrogens (tertiary/aromatic N) is 14. The van der Waals surface area contributed by atoms with Crippen LogP contribution in [0.15, 0.2) is 84.4 Å². The molecule has 8 aromatic heterocycles. The average Bonchev–Trinajstić information content (AvgIpc) is 1.65. The first-order valence-electron chi connectivity index (χ1n) is 42.7. The van der Waals surface area contributed by atoms with Gasteiger partial charge in [0, 0.05) is 66.3 Å². The van der Waals surface area contributed by atoms with Crippen molar-refractivity contribution in [3.05, 3.63) is 124 Å². The van der Waals surface area contributed by atoms with Gasteiger partial charge in [0.2, 0.25) is 11.9 Å². The lowest BCUT2D eigenvalue weighted by molar-refractivity contribution is -0.0551. The normalized spacial score (nSPS) is 19.2. The summed E-state index contributed by atoms with van der Waals surface area (Å²) in [5.41, 5.74) is -0.684. The van der Waals surface area contributed by atoms with E-state index in [4.69, 9.17) is 52.8 Å². The molecule has 0 amide bonds. The molecule has 124 heavy (non-hydrogen) atoms. The summed E-state index contributed by atoms with van der Waals surface area (Å²) in [5.74, 6) is 3.31. The van der Waals surface area contributed by atoms with Crippen LogP contribution in [0.3, 0.4) is 0 Å². The smallest absolute Gasteiger partial charge is 0.351 e. The maximum absolute atomic E-state index is 14.0. The Kier molecular flexibility index (Phi) is 42.2. The number of hydrogen-bond donors (Lipinski definition) is 10. The minimum atomic E-state index is -0.566. The van der Waals surface area contributed by atoms with E-state index in [1.54, 1.807) is 66.4 Å². The Morgan fingerprint density at radius 2 is 0.815 bits per heavy atom. The molecule has 10 atom stereocenters. The van der Waals surface area contributed by atoms with E-state index in [2.05, 4.69) is 88.7 Å². The van der Waals surface area contributed by atoms with E-state index in [1.165, 1.54) is 21.8 Å². The van der Waals surface area contributed by atoms with Gasteiger partial charge < -0.3 is 84.7 Å². The number of aliphatic hydroxyl groups is 2. The number of anilines is 6. The molecule has 4 saturated heterocycles. The van der Waals surface area contributed by atoms with Crippen LogP contribution in [-0.4, -0.2) is 222 Å². The van der Waals surface area contributed by atoms with Gasteiger partial charge in [0.1, 0.15) is 66.7 Å². The second-order valence-electron chi connectivity index (χ2n) is 32.4. The van der Waals surface area contributed by atoms with Gasteiger partial charge in [-0.1, -0.05) is 20.8 Å². The quantitative estimate of drug-likeness (QED) is 0.0174. The van der Waals surface area contributed by atoms with E-state index in [1.807, 2.05) is 151 Å². The van der Waals surface area contributed by atoms with Crippen LogP contribution < -0.4 is 65.8 Å². The summed E-state index contributed by atoms with van der Waals surface area (Å²) >= 11 is 3.20. The number of aromatic amines is 2. The Bertz CT molecular complexity index is 4690. The van der Waals surface area contributed by atoms with Gasteiger partial charge in [-0.15, -0.1) is 23.5 Å². The van der Waals surface area contributed by atoms with E-state index in [-0.39, 0.29) is 180 Å². The summed E-state index contributed by atoms with van der Waals surface area (Å²) in [4.78, 5) is 110. The first kappa shape index (κ1) is 102. The highest BCUT2D eigenvalue weighted by atomic mass is 32.2. The number of aromatic nitrogens is 16. The minimum Gasteiger partial charge on any atom is -0.394 e. The summed E-state index contributed by atoms with van der Waals surface area (Å²) in [5, 5.41) is 36.5. The van der Waals surface area contributed by atoms with Crippen molar-refractivity contribution in [1.29, 1.82) is 0 Å². The van der Waals surface area contributed by atoms with Crippen molar-refractivity contribution in [3.8, 4) is 0 Å². The van der Waals surface area contributed by atoms with Crippen molar-refractivity contribution in [2.45, 2.75) is 319 Å². The lowest BCUT2D eigenvalue weighted by Crippen LogP contribution is -2.30. The number of fused-ring (bicyclic) bond motifs is 2. The molecule has 12 heterocycles. The lowest BCUT2D eigenvalue weighted by atomic mass is 10.2. The van der Waals surface area contributed by atoms with E-state index in [9.17, 15) is 33.2 Å². The number of ether oxygens (including phenoxy) is 9. The molecule has 0 aromatic carbocycles. The largest absolute Gasteiger partial charge is 0.394 e. The molecule has 10 N–H and O–H groups in total. The highest BCUT2D eigenvalue weighted by Gasteiger charge is 2.33. The molecule has 4 aliphatic heterocycles. The van der Waals surface area contributed by atoms with E-state index in [0.29, 0.717) is 79.1 Å². The van der Waals surface area contributed by atoms with Gasteiger partial charge in [-0.2, -0.15) is 29.9 Å². The highest BCUT2D eigenvalue weighted by Crippen LogP contribution is 2.34. The van der Waals surface area contributed by atoms with Crippen molar-refractivity contribution >= 4 is 81.0 Å². The molecule has 42 heteroatoms. The molecule has 39 nitrogen and oxygen atoms in total. The van der Waals surface area contributed by atoms with Crippen LogP contribution in [0.4, 0.5) is 39.6 Å². The first-order valence-corrected chi connectivity index (χ1v) is 44.8. The molecule has 0 radical (unpaired) electrons. The van der Waals surface area contributed by atoms with Crippen molar-refractivity contribution in [3.63, 3.8) is 0 Å². The molecule has 8 aromatic rings. The number of rotatable bonds is 36. The number of halogens is 1. The highest BCUT2D eigenvalue weighted by molar-refractivity contribution is 8.00. The molecule has 0 spiro atoms. The Morgan fingerprint density at radius 3 is 1.17 bits per heavy atom. The minimum absolute atomic E-state index is 0.00639. The lowest BCUT2D eigenvalue weighted by Gasteiger charge is -2.17. The van der Waals surface area contributed by atoms with E-state index < -0.39 is 17.7 Å². The number of nitrogens with one attached hydrogen (secondary N) is 8. The molecular weight excluding hydrogens is 1650 g/mol. The second-order valence-corrected chi connectivity index (χ2v) is 34.8. The maximum Gasteiger partial charge on any atom is 0.351 e. The van der Waals surface area contributed by atoms with Gasteiger partial charge in [0.25, 0.3) is 11.1 Å². The summed E-state index contributed by atoms with van der Waals surface area (Å²) in [6.07, 6.45) is 14.6. The molecular formula is C82H133FN22O17S2. The van der Waals surface area contributed by atoms with Gasteiger partial charge in [-0.05, 0) is 188 Å². The van der Waals surface area contributed by atoms with Gasteiger partial charge in [-0.3, -0.25) is 47.0 Å². The Labute approximate surface area is 731 Å². The third-order valence-corrected chi connectivity index (χ3v) is 20.4. The van der Waals surface area contributed by atoms with Crippen LogP contribution in [0.1, 0.15) is 215 Å². The number of hydrogen-bond acceptors (Lipinski definition) is 33. The first-order chi connectivity index (χ1) is 59.0. The van der Waals surface area contributed by atoms with Gasteiger partial charge in [0.15, 0.2) is 34.0 Å². The average molecular weight is 1780 g/mol. The van der Waals surface area contributed by atoms with Crippen molar-refractivity contribution < 1.29 is 57.2 Å². The molecule has 6 unspecified atom stereocenters. The van der Waals surface area contributed by atoms with Gasteiger partial charge >= 0.3 is 22.8 Å². The number of thioether (sulfide) groups is 2. The molecule has 0 bridgehead atoms. The topological polar surface area (TPSA) is 462 Å². The van der Waals surface area contributed by atoms with Crippen molar-refractivity contribution in [2.75, 3.05) is 76.4 Å². The van der Waals surface area contributed by atoms with Crippen LogP contribution in [0, 0.1) is 5.82 Å². The Morgan fingerprint density at radius 1 is 0.452 bits per heavy atom. The molecule has 12 rings (SSSR count). The Balaban J connectivity index is 0.000000205. The summed E-state index contributed by atoms with van der Waals surface area (Å²) in [7, 11) is 0. The monoisotopic (exact) mass is 1780 g/mol. The van der Waals surface area contributed by atoms with Crippen LogP contribution in [0.25, 0.3) is 22.3 Å². The maximum atomic E-state index is 14.0. The number of imidazole rings is 2. The third-order valence-electron chi connectivity index (χ3n) is 18.2. The van der Waals surface area contributed by atoms with Crippen LogP contribution in [0.5, 0.6) is 0 Å². The number of H-pyrrole nitrogens is 2. The zero-order valence-corrected chi connectivity index (χ0v) is 77.1. The summed E-state index contributed by atoms with van der Waals surface area (Å²) in [6.45, 7) is 43.2. The SMILES string of the molecule is CC(C)Nc1ccn(C2CC[C@@H](COC(C)C)O2)c(=O)n1.CC(C)Nc1ccn(C2CS[C@H](COC(C)C)O2)c(=O)n1.CC(C)Nc1nc(=O)n(C2CS[C@H](COC(C)C)O2)cc1F.CCC(CO)OCn1cnc2c(=O)[nH]c(NC(C)C)nc21.CCC(CO)OCn1cnc2c(=O)[nH]c(NC(C)C)nc21.CC[C@@H]1CCC(n2ccc(NC(C)C)nc2=O)O1. The van der Waals surface area contributed by atoms with Crippen LogP contribution in [0.2, 0.25) is 0 Å². The fourth-order valence-corrected chi connectivity index (χ4v) is 14.2. The third kappa shape index (κ3) is 33.2. The summed E-state index contributed by atoms with van der Waals surface area (Å²) < 4.78 is 74.1. The van der Waals surface area contributed by atoms with Crippen molar-refractivity contribution in [1.82, 2.24) is 77.2 Å². The predicted molar refractivity (Wildman–Crippen MR) is 480 cm³/mol. The van der Waals surface area contributed by atoms with Gasteiger partial charge in [0.05, 0.1) is 94.6 Å². The van der Waals surface area contributed by atoms with Crippen LogP contribution in [-0.2, 0) is 56.1 Å². The van der Waals surface area contributed by atoms with Crippen molar-refractivity contribution in [2.24, 2.45) is 0 Å². The zero-order valence-electron chi connectivity index (χ0n) is 75.5. The number of aliphatic hydroxyl groups excluding tert-OH is 2. The molecule has 4 fully saturated rings. The predicted octanol–water partition coefficient (Wildman–Crippen LogP) is 9.98.